The number of carbonyl (C=O) groups excluding carboxylic acids is 1. The topological polar surface area (TPSA) is 54.0 Å². The second-order valence-electron chi connectivity index (χ2n) is 10.1. The first-order valence-corrected chi connectivity index (χ1v) is 19.7. The average molecular weight is 547 g/mol. The molecule has 7 heteroatoms. The molecule has 0 amide bonds. The molecule has 2 atom stereocenters. The maximum absolute atomic E-state index is 14.9. The van der Waals surface area contributed by atoms with Crippen molar-refractivity contribution < 1.29 is 22.5 Å². The van der Waals surface area contributed by atoms with Gasteiger partial charge in [0.25, 0.3) is 0 Å². The zero-order valence-corrected chi connectivity index (χ0v) is 27.4. The summed E-state index contributed by atoms with van der Waals surface area (Å²) in [5.41, 5.74) is -0.315. The Morgan fingerprint density at radius 2 is 0.833 bits per heavy atom. The van der Waals surface area contributed by atoms with Gasteiger partial charge in [-0.05, 0) is 52.6 Å². The zero-order chi connectivity index (χ0) is 27.3. The molecule has 0 N–H and O–H groups in total. The van der Waals surface area contributed by atoms with Gasteiger partial charge in [-0.1, -0.05) is 91.9 Å². The summed E-state index contributed by atoms with van der Waals surface area (Å²) in [6, 6.07) is 1.74. The molecule has 5 nitrogen and oxygen atoms in total. The molecule has 0 aliphatic heterocycles. The van der Waals surface area contributed by atoms with Crippen LogP contribution in [-0.4, -0.2) is 49.3 Å². The minimum Gasteiger partial charge on any atom is -0.394 e. The van der Waals surface area contributed by atoms with Gasteiger partial charge in [-0.3, -0.25) is 4.79 Å². The van der Waals surface area contributed by atoms with Gasteiger partial charge >= 0.3 is 17.1 Å². The van der Waals surface area contributed by atoms with Crippen molar-refractivity contribution >= 4 is 22.9 Å². The van der Waals surface area contributed by atoms with Crippen LogP contribution in [0, 0.1) is 0 Å². The van der Waals surface area contributed by atoms with Crippen LogP contribution in [0.1, 0.15) is 132 Å². The van der Waals surface area contributed by atoms with Crippen molar-refractivity contribution in [2.24, 2.45) is 0 Å². The van der Waals surface area contributed by atoms with E-state index in [9.17, 15) is 4.79 Å². The Kier molecular flexibility index (Phi) is 21.8. The first-order chi connectivity index (χ1) is 17.4. The van der Waals surface area contributed by atoms with Gasteiger partial charge in [-0.2, -0.15) is 0 Å². The summed E-state index contributed by atoms with van der Waals surface area (Å²) in [7, 11) is -5.50. The number of ketones is 1. The third kappa shape index (κ3) is 11.8. The lowest BCUT2D eigenvalue weighted by Crippen LogP contribution is -2.55. The molecule has 0 saturated carbocycles. The monoisotopic (exact) mass is 546 g/mol. The maximum Gasteiger partial charge on any atom is 0.348 e. The van der Waals surface area contributed by atoms with Crippen LogP contribution in [0.3, 0.4) is 0 Å². The van der Waals surface area contributed by atoms with Crippen LogP contribution in [0.15, 0.2) is 0 Å². The predicted octanol–water partition coefficient (Wildman–Crippen LogP) is 9.09. The third-order valence-corrected chi connectivity index (χ3v) is 16.0. The highest BCUT2D eigenvalue weighted by atomic mass is 28.4. The molecule has 0 saturated heterocycles. The molecule has 0 fully saturated rings. The van der Waals surface area contributed by atoms with E-state index in [0.717, 1.165) is 63.5 Å². The molecule has 0 spiro atoms. The molecule has 0 aliphatic rings. The van der Waals surface area contributed by atoms with Gasteiger partial charge in [-0.25, -0.2) is 0 Å². The Morgan fingerprint density at radius 1 is 0.500 bits per heavy atom. The van der Waals surface area contributed by atoms with Gasteiger partial charge in [-0.15, -0.1) is 0 Å². The highest BCUT2D eigenvalue weighted by Gasteiger charge is 2.56. The van der Waals surface area contributed by atoms with Crippen LogP contribution in [0.2, 0.25) is 23.2 Å². The molecule has 0 aliphatic carbocycles. The van der Waals surface area contributed by atoms with E-state index >= 15 is 0 Å². The Hall–Kier alpha value is -0.0562. The molecular weight excluding hydrogens is 484 g/mol. The van der Waals surface area contributed by atoms with E-state index in [4.69, 9.17) is 17.7 Å². The highest BCUT2D eigenvalue weighted by molar-refractivity contribution is 6.77. The van der Waals surface area contributed by atoms with Gasteiger partial charge in [0, 0.05) is 26.4 Å². The van der Waals surface area contributed by atoms with Gasteiger partial charge in [0.15, 0.2) is 0 Å². The predicted molar refractivity (Wildman–Crippen MR) is 158 cm³/mol. The summed E-state index contributed by atoms with van der Waals surface area (Å²) in [6.45, 7) is 19.4. The van der Waals surface area contributed by atoms with E-state index in [1.807, 2.05) is 27.7 Å². The van der Waals surface area contributed by atoms with Crippen LogP contribution >= 0.6 is 0 Å². The van der Waals surface area contributed by atoms with Crippen LogP contribution in [0.4, 0.5) is 0 Å². The van der Waals surface area contributed by atoms with Crippen molar-refractivity contribution in [2.75, 3.05) is 26.4 Å². The second kappa shape index (κ2) is 21.8. The van der Waals surface area contributed by atoms with Crippen molar-refractivity contribution in [3.63, 3.8) is 0 Å². The highest BCUT2D eigenvalue weighted by Crippen LogP contribution is 2.44. The number of rotatable bonds is 26. The van der Waals surface area contributed by atoms with E-state index in [0.29, 0.717) is 32.2 Å². The van der Waals surface area contributed by atoms with Gasteiger partial charge < -0.3 is 17.7 Å². The fourth-order valence-electron chi connectivity index (χ4n) is 5.75. The summed E-state index contributed by atoms with van der Waals surface area (Å²) < 4.78 is 26.3. The van der Waals surface area contributed by atoms with E-state index in [1.165, 1.54) is 25.7 Å². The maximum atomic E-state index is 14.9. The second-order valence-corrected chi connectivity index (χ2v) is 16.9. The van der Waals surface area contributed by atoms with E-state index in [-0.39, 0.29) is 11.1 Å². The summed E-state index contributed by atoms with van der Waals surface area (Å²) in [4.78, 5) is 14.9. The van der Waals surface area contributed by atoms with Crippen LogP contribution in [-0.2, 0) is 22.5 Å². The molecule has 36 heavy (non-hydrogen) atoms. The molecule has 0 aromatic heterocycles. The lowest BCUT2D eigenvalue weighted by atomic mass is 10.0. The summed E-state index contributed by atoms with van der Waals surface area (Å²) in [6.07, 6.45) is 12.9. The smallest absolute Gasteiger partial charge is 0.348 e. The van der Waals surface area contributed by atoms with E-state index in [2.05, 4.69) is 27.7 Å². The molecule has 0 radical (unpaired) electrons. The first kappa shape index (κ1) is 35.9. The molecule has 216 valence electrons. The fourth-order valence-corrected chi connectivity index (χ4v) is 14.1. The standard InChI is InChI=1S/C29H62O5Si2/c1-9-17-19-21-23-27(35(25-11-3,31-13-5)32-14-6)29(30)28(24-22-20-18-10-2)36(26-12-4,33-15-7)34-16-8/h27-28H,9-26H2,1-8H3. The summed E-state index contributed by atoms with van der Waals surface area (Å²) in [5, 5.41) is 0. The van der Waals surface area contributed by atoms with Gasteiger partial charge in [0.05, 0.1) is 11.1 Å². The molecule has 0 aromatic rings. The number of hydrogen-bond donors (Lipinski definition) is 0. The van der Waals surface area contributed by atoms with E-state index < -0.39 is 17.1 Å². The summed E-state index contributed by atoms with van der Waals surface area (Å²) in [5.74, 6) is 0.340. The lowest BCUT2D eigenvalue weighted by molar-refractivity contribution is -0.121. The third-order valence-electron chi connectivity index (χ3n) is 7.19. The minimum absolute atomic E-state index is 0.157. The van der Waals surface area contributed by atoms with Crippen LogP contribution in [0.5, 0.6) is 0 Å². The molecular formula is C29H62O5Si2. The number of carbonyl (C=O) groups is 1. The van der Waals surface area contributed by atoms with Gasteiger partial charge in [0.2, 0.25) is 0 Å². The van der Waals surface area contributed by atoms with Gasteiger partial charge in [0.1, 0.15) is 5.78 Å². The Balaban J connectivity index is 6.59. The molecule has 0 rings (SSSR count). The Labute approximate surface area is 227 Å². The molecule has 0 aromatic carbocycles. The van der Waals surface area contributed by atoms with Crippen molar-refractivity contribution in [1.82, 2.24) is 0 Å². The van der Waals surface area contributed by atoms with Crippen molar-refractivity contribution in [3.05, 3.63) is 0 Å². The van der Waals surface area contributed by atoms with Crippen molar-refractivity contribution in [3.8, 4) is 0 Å². The Morgan fingerprint density at radius 3 is 1.08 bits per heavy atom. The Bertz CT molecular complexity index is 454. The molecule has 2 unspecified atom stereocenters. The minimum atomic E-state index is -2.75. The quantitative estimate of drug-likeness (QED) is 0.0799. The number of Topliss-reactive ketones (excluding diaryl/α,β-unsaturated/α-hetero) is 1. The zero-order valence-electron chi connectivity index (χ0n) is 25.4. The normalized spacial score (nSPS) is 14.2. The number of unbranched alkanes of at least 4 members (excludes halogenated alkanes) is 6. The largest absolute Gasteiger partial charge is 0.394 e. The lowest BCUT2D eigenvalue weighted by Gasteiger charge is -2.42. The van der Waals surface area contributed by atoms with Crippen molar-refractivity contribution in [1.29, 1.82) is 0 Å². The van der Waals surface area contributed by atoms with Crippen LogP contribution in [0.25, 0.3) is 0 Å². The molecule has 0 bridgehead atoms. The SMILES string of the molecule is CCCCCCC(C(=O)C(CCCCCC)[Si](CCC)(OCC)OCC)[Si](CCC)(OCC)OCC. The molecule has 0 heterocycles. The van der Waals surface area contributed by atoms with Crippen LogP contribution < -0.4 is 0 Å². The van der Waals surface area contributed by atoms with E-state index in [1.54, 1.807) is 0 Å². The fraction of sp³-hybridized carbons (Fsp3) is 0.966. The first-order valence-electron chi connectivity index (χ1n) is 15.5. The number of hydrogen-bond acceptors (Lipinski definition) is 5. The average Bonchev–Trinajstić information content (AvgIpc) is 2.84. The van der Waals surface area contributed by atoms with Crippen molar-refractivity contribution in [2.45, 2.75) is 156 Å². The summed E-state index contributed by atoms with van der Waals surface area (Å²) >= 11 is 0.